The second-order valence-electron chi connectivity index (χ2n) is 4.30. The number of hydrogen-bond donors (Lipinski definition) is 0. The Bertz CT molecular complexity index is 578. The van der Waals surface area contributed by atoms with Crippen LogP contribution in [0.15, 0.2) is 0 Å². The minimum atomic E-state index is -7.30. The number of rotatable bonds is 4. The summed E-state index contributed by atoms with van der Waals surface area (Å²) in [6, 6.07) is -24.0. The topological polar surface area (TPSA) is 46.6 Å². The first-order valence-electron chi connectivity index (χ1n) is 5.19. The van der Waals surface area contributed by atoms with E-state index in [-0.39, 0.29) is 0 Å². The van der Waals surface area contributed by atoms with Crippen molar-refractivity contribution in [2.45, 2.75) is 36.0 Å². The number of nitrogens with zero attached hydrogens (tertiary/aromatic N) is 1. The number of carbonyl (C=O) groups excluding carboxylic acids is 2. The summed E-state index contributed by atoms with van der Waals surface area (Å²) in [5.41, 5.74) is 0. The van der Waals surface area contributed by atoms with Gasteiger partial charge in [0, 0.05) is 0 Å². The van der Waals surface area contributed by atoms with E-state index >= 15 is 0 Å². The van der Waals surface area contributed by atoms with Crippen LogP contribution in [0.3, 0.4) is 0 Å². The number of morpholine rings is 1. The van der Waals surface area contributed by atoms with Crippen molar-refractivity contribution in [2.75, 3.05) is 0 Å². The molecule has 4 nitrogen and oxygen atoms in total. The van der Waals surface area contributed by atoms with Gasteiger partial charge in [-0.15, -0.1) is 4.90 Å². The summed E-state index contributed by atoms with van der Waals surface area (Å²) in [4.78, 5) is 16.2. The van der Waals surface area contributed by atoms with E-state index in [9.17, 15) is 66.7 Å². The smallest absolute Gasteiger partial charge is 0.255 e. The SMILES string of the molecule is O=C(F)C(F)(F)C(F)(C(=O)F)N1C(F)(F)C(F)(F)OC(F)(F)C1(F)F. The molecule has 0 bridgehead atoms. The monoisotopic (exact) mass is 405 g/mol. The zero-order chi connectivity index (χ0) is 20.4. The lowest BCUT2D eigenvalue weighted by atomic mass is 10.0. The van der Waals surface area contributed by atoms with Crippen molar-refractivity contribution in [3.05, 3.63) is 0 Å². The van der Waals surface area contributed by atoms with Gasteiger partial charge in [-0.1, -0.05) is 0 Å². The van der Waals surface area contributed by atoms with E-state index in [1.807, 2.05) is 0 Å². The van der Waals surface area contributed by atoms with Gasteiger partial charge in [-0.2, -0.15) is 52.7 Å². The molecule has 25 heavy (non-hydrogen) atoms. The Morgan fingerprint density at radius 3 is 1.28 bits per heavy atom. The first-order chi connectivity index (χ1) is 10.7. The third-order valence-electron chi connectivity index (χ3n) is 2.75. The highest BCUT2D eigenvalue weighted by Gasteiger charge is 2.91. The standard InChI is InChI=1S/C8F13NO3/c9-1(23)3(11,12)4(13,2(10)24)22-5(14,15)7(18,19)25-8(20,21)6(22,16)17. The third-order valence-corrected chi connectivity index (χ3v) is 2.75. The van der Waals surface area contributed by atoms with Crippen molar-refractivity contribution < 1.29 is 71.4 Å². The average molecular weight is 405 g/mol. The van der Waals surface area contributed by atoms with Crippen molar-refractivity contribution >= 4 is 12.1 Å². The van der Waals surface area contributed by atoms with E-state index in [1.54, 1.807) is 4.74 Å². The van der Waals surface area contributed by atoms with Crippen molar-refractivity contribution in [1.82, 2.24) is 4.90 Å². The lowest BCUT2D eigenvalue weighted by molar-refractivity contribution is -0.579. The zero-order valence-electron chi connectivity index (χ0n) is 10.6. The van der Waals surface area contributed by atoms with Crippen molar-refractivity contribution in [1.29, 1.82) is 0 Å². The first-order valence-corrected chi connectivity index (χ1v) is 5.19. The minimum Gasteiger partial charge on any atom is -0.255 e. The fourth-order valence-corrected chi connectivity index (χ4v) is 1.59. The van der Waals surface area contributed by atoms with Crippen LogP contribution in [0.4, 0.5) is 57.1 Å². The minimum absolute atomic E-state index is 1.74. The molecule has 146 valence electrons. The molecule has 1 saturated heterocycles. The van der Waals surface area contributed by atoms with Crippen LogP contribution < -0.4 is 0 Å². The van der Waals surface area contributed by atoms with E-state index in [0.717, 1.165) is 0 Å². The van der Waals surface area contributed by atoms with Gasteiger partial charge in [0.1, 0.15) is 0 Å². The van der Waals surface area contributed by atoms with Gasteiger partial charge in [-0.05, 0) is 0 Å². The average Bonchev–Trinajstić information content (AvgIpc) is 2.34. The van der Waals surface area contributed by atoms with Gasteiger partial charge < -0.3 is 0 Å². The maximum Gasteiger partial charge on any atom is 0.439 e. The first kappa shape index (κ1) is 21.4. The molecular weight excluding hydrogens is 405 g/mol. The molecule has 1 atom stereocenters. The fourth-order valence-electron chi connectivity index (χ4n) is 1.59. The van der Waals surface area contributed by atoms with Gasteiger partial charge in [-0.25, -0.2) is 9.13 Å². The van der Waals surface area contributed by atoms with E-state index in [2.05, 4.69) is 0 Å². The fraction of sp³-hybridized carbons (Fsp3) is 0.750. The van der Waals surface area contributed by atoms with Crippen LogP contribution in [0.2, 0.25) is 0 Å². The van der Waals surface area contributed by atoms with Gasteiger partial charge in [0.15, 0.2) is 0 Å². The largest absolute Gasteiger partial charge is 0.439 e. The molecule has 0 aromatic rings. The summed E-state index contributed by atoms with van der Waals surface area (Å²) in [6.45, 7) is 0. The van der Waals surface area contributed by atoms with Crippen LogP contribution in [0.1, 0.15) is 0 Å². The zero-order valence-corrected chi connectivity index (χ0v) is 10.6. The lowest BCUT2D eigenvalue weighted by Crippen LogP contribution is -2.82. The summed E-state index contributed by atoms with van der Waals surface area (Å²) in [7, 11) is 0. The van der Waals surface area contributed by atoms with Gasteiger partial charge >= 0.3 is 48.1 Å². The highest BCUT2D eigenvalue weighted by atomic mass is 19.4. The molecule has 1 fully saturated rings. The van der Waals surface area contributed by atoms with Crippen LogP contribution in [0, 0.1) is 0 Å². The van der Waals surface area contributed by atoms with Gasteiger partial charge in [0.25, 0.3) is 0 Å². The van der Waals surface area contributed by atoms with E-state index in [1.165, 1.54) is 0 Å². The number of halogens is 13. The second kappa shape index (κ2) is 5.18. The summed E-state index contributed by atoms with van der Waals surface area (Å²) in [5, 5.41) is 0. The number of ether oxygens (including phenoxy) is 1. The Balaban J connectivity index is 3.93. The van der Waals surface area contributed by atoms with Crippen LogP contribution in [0.5, 0.6) is 0 Å². The van der Waals surface area contributed by atoms with Crippen LogP contribution in [-0.4, -0.2) is 53.0 Å². The summed E-state index contributed by atoms with van der Waals surface area (Å²) >= 11 is 0. The van der Waals surface area contributed by atoms with E-state index in [0.29, 0.717) is 0 Å². The van der Waals surface area contributed by atoms with E-state index in [4.69, 9.17) is 0 Å². The molecule has 0 aliphatic carbocycles. The molecule has 1 aliphatic heterocycles. The summed E-state index contributed by atoms with van der Waals surface area (Å²) in [5.74, 6) is -14.5. The Labute approximate surface area is 126 Å². The highest BCUT2D eigenvalue weighted by molar-refractivity contribution is 5.90. The lowest BCUT2D eigenvalue weighted by Gasteiger charge is -2.50. The third kappa shape index (κ3) is 2.46. The maximum atomic E-state index is 13.8. The summed E-state index contributed by atoms with van der Waals surface area (Å²) in [6.07, 6.45) is -13.9. The molecule has 0 radical (unpaired) electrons. The van der Waals surface area contributed by atoms with Crippen LogP contribution >= 0.6 is 0 Å². The maximum absolute atomic E-state index is 13.8. The van der Waals surface area contributed by atoms with Crippen molar-refractivity contribution in [3.63, 3.8) is 0 Å². The van der Waals surface area contributed by atoms with Gasteiger partial charge in [0.2, 0.25) is 0 Å². The Hall–Kier alpha value is -1.65. The second-order valence-corrected chi connectivity index (χ2v) is 4.30. The Morgan fingerprint density at radius 2 is 1.04 bits per heavy atom. The number of carbonyl (C=O) groups is 2. The molecule has 1 aliphatic rings. The molecule has 0 aromatic heterocycles. The molecule has 0 saturated carbocycles. The predicted octanol–water partition coefficient (Wildman–Crippen LogP) is 2.98. The number of alkyl halides is 11. The normalized spacial score (nSPS) is 27.4. The molecule has 1 heterocycles. The Morgan fingerprint density at radius 1 is 0.720 bits per heavy atom. The number of hydrogen-bond acceptors (Lipinski definition) is 4. The molecule has 0 spiro atoms. The van der Waals surface area contributed by atoms with Crippen molar-refractivity contribution in [2.24, 2.45) is 0 Å². The molecular formula is C8F13NO3. The van der Waals surface area contributed by atoms with Gasteiger partial charge in [0.05, 0.1) is 0 Å². The molecule has 0 amide bonds. The van der Waals surface area contributed by atoms with Crippen LogP contribution in [0.25, 0.3) is 0 Å². The van der Waals surface area contributed by atoms with Crippen molar-refractivity contribution in [3.8, 4) is 0 Å². The predicted molar refractivity (Wildman–Crippen MR) is 43.7 cm³/mol. The highest BCUT2D eigenvalue weighted by Crippen LogP contribution is 2.60. The van der Waals surface area contributed by atoms with E-state index < -0.39 is 53.0 Å². The van der Waals surface area contributed by atoms with Crippen LogP contribution in [-0.2, 0) is 14.3 Å². The molecule has 0 N–H and O–H groups in total. The van der Waals surface area contributed by atoms with Gasteiger partial charge in [-0.3, -0.25) is 9.59 Å². The molecule has 1 rings (SSSR count). The Kier molecular flexibility index (Phi) is 4.43. The molecule has 0 aromatic carbocycles. The molecule has 17 heteroatoms. The summed E-state index contributed by atoms with van der Waals surface area (Å²) < 4.78 is 170. The molecule has 1 unspecified atom stereocenters. The quantitative estimate of drug-likeness (QED) is 0.410.